The van der Waals surface area contributed by atoms with Crippen LogP contribution in [-0.4, -0.2) is 140 Å². The van der Waals surface area contributed by atoms with Crippen LogP contribution in [0.2, 0.25) is 0 Å². The number of primary amides is 1. The Hall–Kier alpha value is -7.19. The van der Waals surface area contributed by atoms with Crippen LogP contribution in [0.1, 0.15) is 145 Å². The molecule has 8 amide bonds. The third-order valence-corrected chi connectivity index (χ3v) is 15.8. The lowest BCUT2D eigenvalue weighted by Gasteiger charge is -2.38. The zero-order chi connectivity index (χ0) is 58.5. The van der Waals surface area contributed by atoms with E-state index in [2.05, 4.69) is 42.6 Å². The first-order chi connectivity index (χ1) is 39.4. The fourth-order valence-corrected chi connectivity index (χ4v) is 11.4. The van der Waals surface area contributed by atoms with Crippen LogP contribution in [0.15, 0.2) is 72.8 Å². The van der Waals surface area contributed by atoms with E-state index in [4.69, 9.17) is 20.3 Å². The highest BCUT2D eigenvalue weighted by atomic mass is 31.2. The van der Waals surface area contributed by atoms with Gasteiger partial charge in [-0.2, -0.15) is 8.78 Å². The molecule has 438 valence electrons. The quantitative estimate of drug-likeness (QED) is 0.0192. The van der Waals surface area contributed by atoms with Gasteiger partial charge in [0.25, 0.3) is 11.8 Å². The fourth-order valence-electron chi connectivity index (χ4n) is 11.1. The number of carbonyl (C=O) groups is 8. The minimum atomic E-state index is -4.03. The van der Waals surface area contributed by atoms with E-state index in [-0.39, 0.29) is 74.3 Å². The van der Waals surface area contributed by atoms with E-state index in [9.17, 15) is 47.1 Å². The van der Waals surface area contributed by atoms with Gasteiger partial charge in [0.15, 0.2) is 0 Å². The molecule has 82 heavy (non-hydrogen) atoms. The molecular weight excluding hydrogens is 1080 g/mol. The molecule has 24 heteroatoms. The number of rotatable bonds is 25. The highest BCUT2D eigenvalue weighted by Crippen LogP contribution is 2.42. The van der Waals surface area contributed by atoms with Crippen molar-refractivity contribution in [3.05, 3.63) is 106 Å². The van der Waals surface area contributed by atoms with Crippen LogP contribution in [0.4, 0.5) is 8.78 Å². The van der Waals surface area contributed by atoms with Crippen LogP contribution >= 0.6 is 8.60 Å². The number of carbonyl (C=O) groups excluding carboxylic acids is 8. The molecule has 21 nitrogen and oxygen atoms in total. The van der Waals surface area contributed by atoms with Gasteiger partial charge in [-0.25, -0.2) is 4.52 Å². The van der Waals surface area contributed by atoms with Gasteiger partial charge < -0.3 is 55.9 Å². The first-order valence-corrected chi connectivity index (χ1v) is 29.0. The number of fused-ring (bicyclic) bond motifs is 3. The van der Waals surface area contributed by atoms with Crippen molar-refractivity contribution >= 4 is 66.8 Å². The molecule has 0 radical (unpaired) electrons. The number of piperidine rings is 1. The Morgan fingerprint density at radius 1 is 0.902 bits per heavy atom. The zero-order valence-electron chi connectivity index (χ0n) is 45.6. The normalized spacial score (nSPS) is 20.1. The Balaban J connectivity index is 0.798. The monoisotopic (exact) mass is 1150 g/mol. The van der Waals surface area contributed by atoms with Crippen LogP contribution in [0.3, 0.4) is 0 Å². The largest absolute Gasteiger partial charge is 0.389 e. The van der Waals surface area contributed by atoms with Crippen LogP contribution in [0, 0.1) is 11.8 Å². The number of ether oxygens (including phenoxy) is 1. The van der Waals surface area contributed by atoms with E-state index in [0.717, 1.165) is 73.8 Å². The van der Waals surface area contributed by atoms with Crippen molar-refractivity contribution in [2.45, 2.75) is 145 Å². The first kappa shape index (κ1) is 60.9. The second-order valence-corrected chi connectivity index (χ2v) is 22.0. The number of likely N-dealkylation sites (N-methyl/N-ethyl adjacent to an activating group) is 1. The maximum atomic E-state index is 14.5. The summed E-state index contributed by atoms with van der Waals surface area (Å²) in [7, 11) is -1.57. The first-order valence-electron chi connectivity index (χ1n) is 27.8. The molecule has 8 rings (SSSR count). The van der Waals surface area contributed by atoms with Gasteiger partial charge in [-0.1, -0.05) is 80.3 Å². The summed E-state index contributed by atoms with van der Waals surface area (Å²) >= 11 is 0. The smallest absolute Gasteiger partial charge is 0.379 e. The Morgan fingerprint density at radius 3 is 2.40 bits per heavy atom. The van der Waals surface area contributed by atoms with Crippen molar-refractivity contribution < 1.29 is 66.2 Å². The number of aromatic amines is 1. The Kier molecular flexibility index (Phi) is 20.9. The SMILES string of the molecule is CN1CC[C@H]2CC[C@@H](C(=O)N[C@@H](CCC(N)=O)C(=O)N[C@H](COCCCCCCCCCC#Cc3cccc4c3CN(C3CCC(=O)NC3=O)C4=O)c3ccccc3)N2C(=O)[C@@H](NC(=O)c2cc3cc(C(F)(F)OP(O)O)ccc3[nH]2)C1. The average Bonchev–Trinajstić information content (AvgIpc) is 4.39. The molecule has 4 aliphatic rings. The van der Waals surface area contributed by atoms with E-state index >= 15 is 0 Å². The van der Waals surface area contributed by atoms with E-state index < -0.39 is 85.9 Å². The second-order valence-electron chi connectivity index (χ2n) is 21.3. The van der Waals surface area contributed by atoms with Crippen LogP contribution in [0.25, 0.3) is 10.9 Å². The van der Waals surface area contributed by atoms with E-state index in [1.807, 2.05) is 41.3 Å². The summed E-state index contributed by atoms with van der Waals surface area (Å²) in [6, 6.07) is 14.2. The maximum Gasteiger partial charge on any atom is 0.389 e. The predicted molar refractivity (Wildman–Crippen MR) is 296 cm³/mol. The summed E-state index contributed by atoms with van der Waals surface area (Å²) < 4.78 is 39.1. The minimum Gasteiger partial charge on any atom is -0.379 e. The van der Waals surface area contributed by atoms with Gasteiger partial charge in [0, 0.05) is 67.0 Å². The molecule has 4 aromatic rings. The molecule has 0 spiro atoms. The van der Waals surface area contributed by atoms with Crippen molar-refractivity contribution in [1.82, 2.24) is 41.0 Å². The van der Waals surface area contributed by atoms with E-state index in [1.54, 1.807) is 19.2 Å². The van der Waals surface area contributed by atoms with E-state index in [1.165, 1.54) is 21.9 Å². The molecule has 0 aliphatic carbocycles. The highest BCUT2D eigenvalue weighted by Gasteiger charge is 2.46. The van der Waals surface area contributed by atoms with Crippen molar-refractivity contribution in [2.75, 3.05) is 33.4 Å². The molecule has 1 aromatic heterocycles. The number of nitrogens with zero attached hydrogens (tertiary/aromatic N) is 3. The number of nitrogens with one attached hydrogen (secondary N) is 5. The Bertz CT molecular complexity index is 3060. The summed E-state index contributed by atoms with van der Waals surface area (Å²) in [5.41, 5.74) is 8.00. The van der Waals surface area contributed by atoms with Crippen molar-refractivity contribution in [2.24, 2.45) is 5.73 Å². The van der Waals surface area contributed by atoms with Crippen LogP contribution in [0.5, 0.6) is 0 Å². The summed E-state index contributed by atoms with van der Waals surface area (Å²) in [6.07, 6.45) is 4.89. The number of amides is 8. The van der Waals surface area contributed by atoms with Gasteiger partial charge in [0.1, 0.15) is 29.9 Å². The number of halogens is 2. The zero-order valence-corrected chi connectivity index (χ0v) is 46.5. The predicted octanol–water partition coefficient (Wildman–Crippen LogP) is 4.80. The summed E-state index contributed by atoms with van der Waals surface area (Å²) in [5.74, 6) is 2.37. The number of aromatic nitrogens is 1. The molecule has 3 saturated heterocycles. The number of hydrogen-bond donors (Lipinski definition) is 8. The second kappa shape index (κ2) is 28.2. The lowest BCUT2D eigenvalue weighted by atomic mass is 10.0. The van der Waals surface area contributed by atoms with Gasteiger partial charge in [0.05, 0.1) is 18.2 Å². The molecule has 9 N–H and O–H groups in total. The number of unbranched alkanes of at least 4 members (excludes halogenated alkanes) is 7. The van der Waals surface area contributed by atoms with Gasteiger partial charge in [-0.15, -0.1) is 0 Å². The number of benzene rings is 3. The summed E-state index contributed by atoms with van der Waals surface area (Å²) in [5, 5.41) is 11.1. The number of nitrogens with two attached hydrogens (primary N) is 1. The van der Waals surface area contributed by atoms with Gasteiger partial charge >= 0.3 is 14.7 Å². The summed E-state index contributed by atoms with van der Waals surface area (Å²) in [6.45, 7) is 1.46. The molecule has 3 aromatic carbocycles. The number of hydrogen-bond acceptors (Lipinski definition) is 13. The molecule has 3 fully saturated rings. The highest BCUT2D eigenvalue weighted by molar-refractivity contribution is 7.39. The lowest BCUT2D eigenvalue weighted by molar-refractivity contribution is -0.189. The number of imide groups is 1. The molecule has 4 aliphatic heterocycles. The van der Waals surface area contributed by atoms with Crippen LogP contribution < -0.4 is 27.0 Å². The van der Waals surface area contributed by atoms with E-state index in [0.29, 0.717) is 49.9 Å². The van der Waals surface area contributed by atoms with Gasteiger partial charge in [-0.3, -0.25) is 43.7 Å². The Morgan fingerprint density at radius 2 is 1.66 bits per heavy atom. The number of alkyl halides is 2. The van der Waals surface area contributed by atoms with Crippen molar-refractivity contribution in [1.29, 1.82) is 0 Å². The standard InChI is InChI=1S/C58H70F2N9O12P/c1-67-29-28-40-21-24-49(69(40)57(77)46(34-67)64-53(73)45-32-38-31-39(20-22-43(38)62-45)58(59,60)81-82(78)79)55(75)63-44(23-26-50(61)70)52(72)65-47(37-16-11-9-12-17-37)35-80-30-13-8-6-4-2-3-5-7-10-15-36-18-14-19-41-42(36)33-68(56(41)76)48-25-27-51(71)66-54(48)74/h9,11-12,14,16-20,22,31-32,40,44,46-49,62,78-79H,2-8,13,21,23-30,33-35H2,1H3,(H2,61,70)(H,63,75)(H,64,73)(H,65,72)(H,66,71,74)/t40-,44+,46+,47-,48?,49+/m1/s1. The topological polar surface area (TPSA) is 295 Å². The van der Waals surface area contributed by atoms with Gasteiger partial charge in [-0.05, 0) is 106 Å². The Labute approximate surface area is 474 Å². The van der Waals surface area contributed by atoms with Crippen molar-refractivity contribution in [3.63, 3.8) is 0 Å². The molecule has 0 saturated carbocycles. The maximum absolute atomic E-state index is 14.5. The van der Waals surface area contributed by atoms with Crippen LogP contribution in [-0.2, 0) is 50.7 Å². The fraction of sp³-hybridized carbons (Fsp3) is 0.483. The third-order valence-electron chi connectivity index (χ3n) is 15.4. The van der Waals surface area contributed by atoms with Crippen molar-refractivity contribution in [3.8, 4) is 11.8 Å². The molecule has 6 atom stereocenters. The molecular formula is C58H70F2N9O12P. The number of H-pyrrole nitrogens is 1. The lowest BCUT2D eigenvalue weighted by Crippen LogP contribution is -2.61. The van der Waals surface area contributed by atoms with Gasteiger partial charge in [0.2, 0.25) is 35.4 Å². The minimum absolute atomic E-state index is 0.0476. The average molecular weight is 1150 g/mol. The molecule has 0 bridgehead atoms. The molecule has 1 unspecified atom stereocenters. The third kappa shape index (κ3) is 15.7. The molecule has 5 heterocycles. The summed E-state index contributed by atoms with van der Waals surface area (Å²) in [4.78, 5) is 132.